The van der Waals surface area contributed by atoms with Gasteiger partial charge in [0.15, 0.2) is 0 Å². The van der Waals surface area contributed by atoms with Gasteiger partial charge in [-0.2, -0.15) is 0 Å². The number of nitrogens with zero attached hydrogens (tertiary/aromatic N) is 4. The highest BCUT2D eigenvalue weighted by Gasteiger charge is 2.29. The Hall–Kier alpha value is -2.21. The van der Waals surface area contributed by atoms with Crippen LogP contribution in [0.25, 0.3) is 0 Å². The number of hydrogen-bond acceptors (Lipinski definition) is 4. The second-order valence-electron chi connectivity index (χ2n) is 7.41. The Balaban J connectivity index is 1.37. The first-order chi connectivity index (χ1) is 12.8. The van der Waals surface area contributed by atoms with Crippen molar-refractivity contribution < 1.29 is 9.53 Å². The summed E-state index contributed by atoms with van der Waals surface area (Å²) in [4.78, 5) is 23.3. The highest BCUT2D eigenvalue weighted by atomic mass is 16.5. The Bertz CT molecular complexity index is 724. The van der Waals surface area contributed by atoms with E-state index in [1.165, 1.54) is 25.7 Å². The van der Waals surface area contributed by atoms with Gasteiger partial charge in [-0.3, -0.25) is 9.78 Å². The first kappa shape index (κ1) is 17.2. The molecule has 0 unspecified atom stereocenters. The molecule has 138 valence electrons. The van der Waals surface area contributed by atoms with Gasteiger partial charge in [-0.15, -0.1) is 0 Å². The van der Waals surface area contributed by atoms with Gasteiger partial charge >= 0.3 is 0 Å². The maximum absolute atomic E-state index is 12.8. The van der Waals surface area contributed by atoms with E-state index < -0.39 is 0 Å². The monoisotopic (exact) mass is 354 g/mol. The zero-order chi connectivity index (χ0) is 17.8. The summed E-state index contributed by atoms with van der Waals surface area (Å²) in [5.74, 6) is 0.854. The van der Waals surface area contributed by atoms with E-state index in [1.54, 1.807) is 6.20 Å². The van der Waals surface area contributed by atoms with Crippen LogP contribution in [0.2, 0.25) is 0 Å². The molecule has 0 saturated heterocycles. The quantitative estimate of drug-likeness (QED) is 0.800. The van der Waals surface area contributed by atoms with Crippen LogP contribution >= 0.6 is 0 Å². The number of imidazole rings is 1. The predicted octanol–water partition coefficient (Wildman–Crippen LogP) is 2.96. The van der Waals surface area contributed by atoms with E-state index in [-0.39, 0.29) is 11.9 Å². The summed E-state index contributed by atoms with van der Waals surface area (Å²) in [5, 5.41) is 0. The lowest BCUT2D eigenvalue weighted by Gasteiger charge is -2.35. The third-order valence-electron chi connectivity index (χ3n) is 5.50. The molecule has 2 aliphatic rings. The second kappa shape index (κ2) is 7.99. The highest BCUT2D eigenvalue weighted by molar-refractivity contribution is 5.76. The molecule has 1 fully saturated rings. The standard InChI is InChI=1S/C20H26N4O2/c25-20(9-16-5-1-2-6-16)23-11-18-10-21-15-24(18)19(12-23)14-26-13-17-7-3-4-8-22-17/h3-4,7-8,10,15-16,19H,1-2,5-6,9,11-14H2/t19-/m1/s1. The lowest BCUT2D eigenvalue weighted by Crippen LogP contribution is -2.42. The van der Waals surface area contributed by atoms with E-state index >= 15 is 0 Å². The summed E-state index contributed by atoms with van der Waals surface area (Å²) in [6.45, 7) is 2.38. The molecule has 1 aliphatic heterocycles. The Labute approximate surface area is 154 Å². The molecule has 2 aromatic rings. The maximum Gasteiger partial charge on any atom is 0.223 e. The zero-order valence-electron chi connectivity index (χ0n) is 15.1. The van der Waals surface area contributed by atoms with Crippen molar-refractivity contribution in [2.75, 3.05) is 13.2 Å². The van der Waals surface area contributed by atoms with Gasteiger partial charge in [0.2, 0.25) is 5.91 Å². The number of amides is 1. The number of hydrogen-bond donors (Lipinski definition) is 0. The van der Waals surface area contributed by atoms with E-state index in [9.17, 15) is 4.79 Å². The van der Waals surface area contributed by atoms with E-state index in [2.05, 4.69) is 14.5 Å². The van der Waals surface area contributed by atoms with Crippen molar-refractivity contribution in [2.24, 2.45) is 5.92 Å². The molecule has 0 radical (unpaired) electrons. The molecule has 0 N–H and O–H groups in total. The van der Waals surface area contributed by atoms with Crippen molar-refractivity contribution in [3.05, 3.63) is 48.3 Å². The lowest BCUT2D eigenvalue weighted by atomic mass is 10.0. The Morgan fingerprint density at radius 2 is 2.15 bits per heavy atom. The van der Waals surface area contributed by atoms with Gasteiger partial charge in [0, 0.05) is 25.4 Å². The van der Waals surface area contributed by atoms with Crippen LogP contribution in [-0.2, 0) is 22.7 Å². The number of ether oxygens (including phenoxy) is 1. The van der Waals surface area contributed by atoms with Gasteiger partial charge in [-0.05, 0) is 30.9 Å². The van der Waals surface area contributed by atoms with Gasteiger partial charge in [0.1, 0.15) is 0 Å². The molecular formula is C20H26N4O2. The second-order valence-corrected chi connectivity index (χ2v) is 7.41. The molecule has 1 aliphatic carbocycles. The third kappa shape index (κ3) is 3.96. The van der Waals surface area contributed by atoms with Crippen molar-refractivity contribution >= 4 is 5.91 Å². The number of aromatic nitrogens is 3. The van der Waals surface area contributed by atoms with Gasteiger partial charge in [-0.25, -0.2) is 4.98 Å². The molecule has 0 bridgehead atoms. The SMILES string of the molecule is O=C(CC1CCCC1)N1Cc2cncn2[C@@H](COCc2ccccn2)C1. The number of rotatable bonds is 6. The minimum absolute atomic E-state index is 0.109. The van der Waals surface area contributed by atoms with Crippen LogP contribution in [0, 0.1) is 5.92 Å². The van der Waals surface area contributed by atoms with Crippen LogP contribution in [-0.4, -0.2) is 38.5 Å². The van der Waals surface area contributed by atoms with Crippen molar-refractivity contribution in [3.8, 4) is 0 Å². The molecule has 1 saturated carbocycles. The summed E-state index contributed by atoms with van der Waals surface area (Å²) in [5.41, 5.74) is 2.01. The normalized spacial score (nSPS) is 20.3. The average molecular weight is 354 g/mol. The molecule has 6 nitrogen and oxygen atoms in total. The molecule has 3 heterocycles. The molecule has 2 aromatic heterocycles. The Morgan fingerprint density at radius 1 is 1.27 bits per heavy atom. The minimum atomic E-state index is 0.109. The molecule has 1 amide bonds. The first-order valence-electron chi connectivity index (χ1n) is 9.55. The number of fused-ring (bicyclic) bond motifs is 1. The molecule has 0 aromatic carbocycles. The van der Waals surface area contributed by atoms with Crippen molar-refractivity contribution in [3.63, 3.8) is 0 Å². The maximum atomic E-state index is 12.8. The molecule has 26 heavy (non-hydrogen) atoms. The number of carbonyl (C=O) groups excluding carboxylic acids is 1. The van der Waals surface area contributed by atoms with Gasteiger partial charge in [0.25, 0.3) is 0 Å². The van der Waals surface area contributed by atoms with E-state index in [4.69, 9.17) is 4.74 Å². The fraction of sp³-hybridized carbons (Fsp3) is 0.550. The van der Waals surface area contributed by atoms with Crippen LogP contribution in [0.1, 0.15) is 49.5 Å². The van der Waals surface area contributed by atoms with E-state index in [0.717, 1.165) is 11.4 Å². The fourth-order valence-corrected chi connectivity index (χ4v) is 4.08. The smallest absolute Gasteiger partial charge is 0.223 e. The van der Waals surface area contributed by atoms with Gasteiger partial charge in [-0.1, -0.05) is 18.9 Å². The van der Waals surface area contributed by atoms with Crippen LogP contribution in [0.15, 0.2) is 36.9 Å². The fourth-order valence-electron chi connectivity index (χ4n) is 4.08. The molecule has 0 spiro atoms. The predicted molar refractivity (Wildman–Crippen MR) is 97.1 cm³/mol. The minimum Gasteiger partial charge on any atom is -0.373 e. The van der Waals surface area contributed by atoms with Gasteiger partial charge < -0.3 is 14.2 Å². The summed E-state index contributed by atoms with van der Waals surface area (Å²) < 4.78 is 8.05. The Morgan fingerprint density at radius 3 is 2.96 bits per heavy atom. The Kier molecular flexibility index (Phi) is 5.29. The van der Waals surface area contributed by atoms with Crippen LogP contribution in [0.5, 0.6) is 0 Å². The van der Waals surface area contributed by atoms with E-state index in [1.807, 2.05) is 35.6 Å². The molecule has 1 atom stereocenters. The molecular weight excluding hydrogens is 328 g/mol. The topological polar surface area (TPSA) is 60.2 Å². The first-order valence-corrected chi connectivity index (χ1v) is 9.55. The lowest BCUT2D eigenvalue weighted by molar-refractivity contribution is -0.134. The third-order valence-corrected chi connectivity index (χ3v) is 5.50. The van der Waals surface area contributed by atoms with Crippen LogP contribution < -0.4 is 0 Å². The average Bonchev–Trinajstić information content (AvgIpc) is 3.34. The number of pyridine rings is 1. The zero-order valence-corrected chi connectivity index (χ0v) is 15.1. The number of carbonyl (C=O) groups is 1. The summed E-state index contributed by atoms with van der Waals surface area (Å²) in [6.07, 6.45) is 11.1. The largest absolute Gasteiger partial charge is 0.373 e. The van der Waals surface area contributed by atoms with Crippen LogP contribution in [0.3, 0.4) is 0 Å². The van der Waals surface area contributed by atoms with Crippen LogP contribution in [0.4, 0.5) is 0 Å². The van der Waals surface area contributed by atoms with E-state index in [0.29, 0.717) is 38.6 Å². The van der Waals surface area contributed by atoms with Crippen molar-refractivity contribution in [2.45, 2.75) is 51.3 Å². The summed E-state index contributed by atoms with van der Waals surface area (Å²) >= 11 is 0. The summed E-state index contributed by atoms with van der Waals surface area (Å²) in [6, 6.07) is 5.93. The molecule has 6 heteroatoms. The van der Waals surface area contributed by atoms with Crippen molar-refractivity contribution in [1.29, 1.82) is 0 Å². The van der Waals surface area contributed by atoms with Crippen molar-refractivity contribution in [1.82, 2.24) is 19.4 Å². The molecule has 4 rings (SSSR count). The van der Waals surface area contributed by atoms with Gasteiger partial charge in [0.05, 0.1) is 43.5 Å². The highest BCUT2D eigenvalue weighted by Crippen LogP contribution is 2.29. The summed E-state index contributed by atoms with van der Waals surface area (Å²) in [7, 11) is 0.